The second-order valence-corrected chi connectivity index (χ2v) is 5.27. The van der Waals surface area contributed by atoms with Gasteiger partial charge < -0.3 is 10.0 Å². The van der Waals surface area contributed by atoms with Gasteiger partial charge in [-0.2, -0.15) is 0 Å². The zero-order valence-electron chi connectivity index (χ0n) is 9.91. The zero-order valence-corrected chi connectivity index (χ0v) is 10.7. The fourth-order valence-corrected chi connectivity index (χ4v) is 2.83. The number of hydrogen-bond donors (Lipinski definition) is 1. The van der Waals surface area contributed by atoms with Gasteiger partial charge in [0.05, 0.1) is 16.6 Å². The molecule has 1 aromatic heterocycles. The molecule has 0 unspecified atom stereocenters. The number of β-amino-alcohol motifs (C(OH)–C–C–N with tert-alkyl or cyclic N) is 1. The van der Waals surface area contributed by atoms with E-state index in [1.807, 2.05) is 6.92 Å². The Labute approximate surface area is 108 Å². The summed E-state index contributed by atoms with van der Waals surface area (Å²) < 4.78 is 0. The van der Waals surface area contributed by atoms with Crippen LogP contribution in [0.5, 0.6) is 0 Å². The van der Waals surface area contributed by atoms with E-state index >= 15 is 0 Å². The maximum Gasteiger partial charge on any atom is 0.324 e. The van der Waals surface area contributed by atoms with E-state index < -0.39 is 11.0 Å². The minimum atomic E-state index is -0.505. The number of likely N-dealkylation sites (tertiary alicyclic amines) is 1. The van der Waals surface area contributed by atoms with Crippen LogP contribution in [-0.2, 0) is 0 Å². The first-order valence-corrected chi connectivity index (χ1v) is 6.61. The van der Waals surface area contributed by atoms with Crippen molar-refractivity contribution >= 4 is 22.2 Å². The lowest BCUT2D eigenvalue weighted by atomic mass is 10.0. The average Bonchev–Trinajstić information content (AvgIpc) is 2.94. The molecular formula is C11H14N2O4S. The highest BCUT2D eigenvalue weighted by molar-refractivity contribution is 7.13. The summed E-state index contributed by atoms with van der Waals surface area (Å²) in [5, 5.41) is 21.8. The van der Waals surface area contributed by atoms with E-state index in [4.69, 9.17) is 0 Å². The SMILES string of the molecule is CC[C@H]1CN(C(=O)c2csc([N+](=O)[O-])c2)C[C@@H]1O. The molecule has 0 spiro atoms. The quantitative estimate of drug-likeness (QED) is 0.666. The van der Waals surface area contributed by atoms with Crippen LogP contribution in [0.1, 0.15) is 23.7 Å². The third-order valence-electron chi connectivity index (χ3n) is 3.23. The number of carbonyl (C=O) groups excluding carboxylic acids is 1. The summed E-state index contributed by atoms with van der Waals surface area (Å²) in [6.07, 6.45) is 0.321. The van der Waals surface area contributed by atoms with E-state index in [2.05, 4.69) is 0 Å². The van der Waals surface area contributed by atoms with Crippen LogP contribution in [0.25, 0.3) is 0 Å². The number of thiophene rings is 1. The predicted molar refractivity (Wildman–Crippen MR) is 66.7 cm³/mol. The fourth-order valence-electron chi connectivity index (χ4n) is 2.14. The van der Waals surface area contributed by atoms with Gasteiger partial charge in [-0.15, -0.1) is 0 Å². The van der Waals surface area contributed by atoms with Crippen molar-refractivity contribution in [2.45, 2.75) is 19.4 Å². The standard InChI is InChI=1S/C11H14N2O4S/c1-2-7-4-12(5-9(7)14)11(15)8-3-10(13(16)17)18-6-8/h3,6-7,9,14H,2,4-5H2,1H3/t7-,9-/m0/s1. The van der Waals surface area contributed by atoms with Crippen LogP contribution >= 0.6 is 11.3 Å². The highest BCUT2D eigenvalue weighted by atomic mass is 32.1. The van der Waals surface area contributed by atoms with Gasteiger partial charge in [-0.25, -0.2) is 0 Å². The molecule has 6 nitrogen and oxygen atoms in total. The molecule has 1 fully saturated rings. The molecule has 2 atom stereocenters. The number of rotatable bonds is 3. The summed E-state index contributed by atoms with van der Waals surface area (Å²) in [4.78, 5) is 23.7. The van der Waals surface area contributed by atoms with Crippen molar-refractivity contribution in [2.75, 3.05) is 13.1 Å². The van der Waals surface area contributed by atoms with E-state index in [-0.39, 0.29) is 16.8 Å². The van der Waals surface area contributed by atoms with E-state index in [1.54, 1.807) is 4.90 Å². The molecule has 7 heteroatoms. The summed E-state index contributed by atoms with van der Waals surface area (Å²) in [6, 6.07) is 1.29. The Kier molecular flexibility index (Phi) is 3.63. The van der Waals surface area contributed by atoms with Crippen molar-refractivity contribution in [3.05, 3.63) is 27.1 Å². The summed E-state index contributed by atoms with van der Waals surface area (Å²) in [5.41, 5.74) is 0.329. The Morgan fingerprint density at radius 1 is 1.67 bits per heavy atom. The highest BCUT2D eigenvalue weighted by Gasteiger charge is 2.33. The first kappa shape index (κ1) is 13.0. The number of aliphatic hydroxyl groups excluding tert-OH is 1. The first-order chi connectivity index (χ1) is 8.52. The maximum atomic E-state index is 12.1. The third-order valence-corrected chi connectivity index (χ3v) is 4.11. The average molecular weight is 270 g/mol. The van der Waals surface area contributed by atoms with Crippen molar-refractivity contribution in [3.8, 4) is 0 Å². The lowest BCUT2D eigenvalue weighted by Gasteiger charge is -2.14. The molecule has 0 radical (unpaired) electrons. The summed E-state index contributed by atoms with van der Waals surface area (Å²) in [5.74, 6) is -0.142. The number of nitrogens with zero attached hydrogens (tertiary/aromatic N) is 2. The van der Waals surface area contributed by atoms with Crippen LogP contribution in [-0.4, -0.2) is 40.0 Å². The normalized spacial score (nSPS) is 23.3. The molecule has 1 amide bonds. The maximum absolute atomic E-state index is 12.1. The molecule has 1 N–H and O–H groups in total. The van der Waals surface area contributed by atoms with Crippen molar-refractivity contribution in [2.24, 2.45) is 5.92 Å². The third kappa shape index (κ3) is 2.37. The van der Waals surface area contributed by atoms with Gasteiger partial charge in [0.1, 0.15) is 0 Å². The van der Waals surface area contributed by atoms with Crippen LogP contribution in [0.2, 0.25) is 0 Å². The topological polar surface area (TPSA) is 83.7 Å². The van der Waals surface area contributed by atoms with Gasteiger partial charge in [0, 0.05) is 30.5 Å². The van der Waals surface area contributed by atoms with Crippen LogP contribution in [0.3, 0.4) is 0 Å². The molecule has 98 valence electrons. The largest absolute Gasteiger partial charge is 0.391 e. The van der Waals surface area contributed by atoms with Crippen LogP contribution in [0.15, 0.2) is 11.4 Å². The van der Waals surface area contributed by atoms with Crippen LogP contribution in [0.4, 0.5) is 5.00 Å². The van der Waals surface area contributed by atoms with Crippen molar-refractivity contribution in [1.29, 1.82) is 0 Å². The van der Waals surface area contributed by atoms with Crippen molar-refractivity contribution in [1.82, 2.24) is 4.90 Å². The number of amides is 1. The van der Waals surface area contributed by atoms with Crippen molar-refractivity contribution in [3.63, 3.8) is 0 Å². The lowest BCUT2D eigenvalue weighted by Crippen LogP contribution is -2.29. The smallest absolute Gasteiger partial charge is 0.324 e. The number of hydrogen-bond acceptors (Lipinski definition) is 5. The summed E-state index contributed by atoms with van der Waals surface area (Å²) >= 11 is 0.943. The Balaban J connectivity index is 2.10. The second-order valence-electron chi connectivity index (χ2n) is 4.38. The minimum absolute atomic E-state index is 0.0369. The van der Waals surface area contributed by atoms with E-state index in [9.17, 15) is 20.0 Å². The van der Waals surface area contributed by atoms with Gasteiger partial charge in [0.15, 0.2) is 0 Å². The van der Waals surface area contributed by atoms with Crippen molar-refractivity contribution < 1.29 is 14.8 Å². The van der Waals surface area contributed by atoms with Crippen LogP contribution < -0.4 is 0 Å². The first-order valence-electron chi connectivity index (χ1n) is 5.73. The molecule has 1 saturated heterocycles. The Morgan fingerprint density at radius 3 is 2.89 bits per heavy atom. The van der Waals surface area contributed by atoms with Gasteiger partial charge >= 0.3 is 5.00 Å². The van der Waals surface area contributed by atoms with E-state index in [0.717, 1.165) is 17.8 Å². The molecule has 18 heavy (non-hydrogen) atoms. The van der Waals surface area contributed by atoms with Gasteiger partial charge in [-0.1, -0.05) is 18.3 Å². The fraction of sp³-hybridized carbons (Fsp3) is 0.545. The molecule has 1 aliphatic rings. The Bertz CT molecular complexity index is 473. The predicted octanol–water partition coefficient (Wildman–Crippen LogP) is 1.50. The number of carbonyl (C=O) groups is 1. The molecular weight excluding hydrogens is 256 g/mol. The Morgan fingerprint density at radius 2 is 2.39 bits per heavy atom. The van der Waals surface area contributed by atoms with Gasteiger partial charge in [0.2, 0.25) is 0 Å². The number of nitro groups is 1. The van der Waals surface area contributed by atoms with Crippen LogP contribution in [0, 0.1) is 16.0 Å². The monoisotopic (exact) mass is 270 g/mol. The molecule has 0 saturated carbocycles. The highest BCUT2D eigenvalue weighted by Crippen LogP contribution is 2.26. The molecule has 2 rings (SSSR count). The summed E-state index contributed by atoms with van der Waals surface area (Å²) in [7, 11) is 0. The molecule has 2 heterocycles. The molecule has 1 aliphatic heterocycles. The number of aliphatic hydroxyl groups is 1. The summed E-state index contributed by atoms with van der Waals surface area (Å²) in [6.45, 7) is 2.79. The molecule has 0 bridgehead atoms. The van der Waals surface area contributed by atoms with Gasteiger partial charge in [-0.05, 0) is 6.42 Å². The van der Waals surface area contributed by atoms with Gasteiger partial charge in [0.25, 0.3) is 5.91 Å². The second kappa shape index (κ2) is 5.03. The molecule has 0 aromatic carbocycles. The van der Waals surface area contributed by atoms with Gasteiger partial charge in [-0.3, -0.25) is 14.9 Å². The zero-order chi connectivity index (χ0) is 13.3. The Hall–Kier alpha value is -1.47. The minimum Gasteiger partial charge on any atom is -0.391 e. The molecule has 1 aromatic rings. The lowest BCUT2D eigenvalue weighted by molar-refractivity contribution is -0.380. The van der Waals surface area contributed by atoms with E-state index in [0.29, 0.717) is 18.7 Å². The molecule has 0 aliphatic carbocycles. The van der Waals surface area contributed by atoms with E-state index in [1.165, 1.54) is 11.4 Å².